The normalized spacial score (nSPS) is 16.1. The molecule has 84 valence electrons. The molecular formula is C9H7NO2S4. The molecule has 1 aromatic heterocycles. The molecule has 0 aromatic carbocycles. The van der Waals surface area contributed by atoms with E-state index in [9.17, 15) is 8.42 Å². The van der Waals surface area contributed by atoms with Gasteiger partial charge in [-0.2, -0.15) is 5.26 Å². The molecule has 16 heavy (non-hydrogen) atoms. The van der Waals surface area contributed by atoms with Crippen molar-refractivity contribution in [1.82, 2.24) is 0 Å². The molecular weight excluding hydrogens is 282 g/mol. The second-order valence-corrected chi connectivity index (χ2v) is 8.39. The number of thiophene rings is 1. The lowest BCUT2D eigenvalue weighted by molar-refractivity contribution is 0.605. The Kier molecular flexibility index (Phi) is 3.64. The summed E-state index contributed by atoms with van der Waals surface area (Å²) in [5, 5.41) is 10.7. The predicted octanol–water partition coefficient (Wildman–Crippen LogP) is 2.69. The van der Waals surface area contributed by atoms with Crippen LogP contribution in [0.3, 0.4) is 0 Å². The van der Waals surface area contributed by atoms with E-state index in [1.165, 1.54) is 29.6 Å². The van der Waals surface area contributed by atoms with E-state index in [4.69, 9.17) is 5.26 Å². The van der Waals surface area contributed by atoms with Gasteiger partial charge in [-0.25, -0.2) is 8.42 Å². The summed E-state index contributed by atoms with van der Waals surface area (Å²) in [6.45, 7) is 0. The van der Waals surface area contributed by atoms with E-state index in [0.717, 1.165) is 22.8 Å². The van der Waals surface area contributed by atoms with E-state index in [2.05, 4.69) is 0 Å². The zero-order chi connectivity index (χ0) is 11.6. The first-order valence-corrected chi connectivity index (χ1v) is 8.68. The summed E-state index contributed by atoms with van der Waals surface area (Å²) in [6, 6.07) is 5.03. The minimum absolute atomic E-state index is 0.0950. The van der Waals surface area contributed by atoms with E-state index in [1.54, 1.807) is 11.4 Å². The zero-order valence-electron chi connectivity index (χ0n) is 8.04. The number of nitrogens with zero attached hydrogens (tertiary/aromatic N) is 1. The van der Waals surface area contributed by atoms with Crippen molar-refractivity contribution < 1.29 is 8.42 Å². The standard InChI is InChI=1S/C9H7NO2S4/c10-6-7(9-14-4-5-15-9)16(11,12)8-2-1-3-13-8/h1-3H,4-5H2. The Labute approximate surface area is 106 Å². The summed E-state index contributed by atoms with van der Waals surface area (Å²) < 4.78 is 25.1. The fourth-order valence-electron chi connectivity index (χ4n) is 1.17. The fraction of sp³-hybridized carbons (Fsp3) is 0.222. The summed E-state index contributed by atoms with van der Waals surface area (Å²) in [5.74, 6) is 1.73. The van der Waals surface area contributed by atoms with Crippen molar-refractivity contribution in [1.29, 1.82) is 5.26 Å². The molecule has 1 fully saturated rings. The van der Waals surface area contributed by atoms with Crippen LogP contribution in [0.1, 0.15) is 0 Å². The first-order valence-electron chi connectivity index (χ1n) is 4.35. The van der Waals surface area contributed by atoms with E-state index >= 15 is 0 Å². The molecule has 2 heterocycles. The van der Waals surface area contributed by atoms with Crippen LogP contribution in [0, 0.1) is 11.3 Å². The van der Waals surface area contributed by atoms with Gasteiger partial charge in [0, 0.05) is 11.5 Å². The molecule has 2 rings (SSSR count). The van der Waals surface area contributed by atoms with Crippen molar-refractivity contribution in [3.05, 3.63) is 26.7 Å². The molecule has 0 unspecified atom stereocenters. The lowest BCUT2D eigenvalue weighted by Crippen LogP contribution is -2.02. The average Bonchev–Trinajstić information content (AvgIpc) is 2.91. The van der Waals surface area contributed by atoms with Gasteiger partial charge in [0.05, 0.1) is 4.24 Å². The summed E-state index contributed by atoms with van der Waals surface area (Å²) >= 11 is 4.03. The molecule has 0 atom stereocenters. The Balaban J connectivity index is 2.52. The Morgan fingerprint density at radius 1 is 1.38 bits per heavy atom. The van der Waals surface area contributed by atoms with Gasteiger partial charge >= 0.3 is 0 Å². The number of allylic oxidation sites excluding steroid dienone is 1. The largest absolute Gasteiger partial charge is 0.227 e. The Morgan fingerprint density at radius 3 is 2.56 bits per heavy atom. The van der Waals surface area contributed by atoms with Gasteiger partial charge in [-0.15, -0.1) is 34.9 Å². The number of hydrogen-bond acceptors (Lipinski definition) is 6. The van der Waals surface area contributed by atoms with Gasteiger partial charge in [0.1, 0.15) is 10.3 Å². The smallest absolute Gasteiger partial charge is 0.217 e. The first-order chi connectivity index (χ1) is 7.66. The lowest BCUT2D eigenvalue weighted by atomic mass is 10.7. The van der Waals surface area contributed by atoms with Gasteiger partial charge in [0.25, 0.3) is 0 Å². The van der Waals surface area contributed by atoms with Gasteiger partial charge in [-0.3, -0.25) is 0 Å². The second-order valence-electron chi connectivity index (χ2n) is 2.86. The maximum absolute atomic E-state index is 12.1. The Hall–Kier alpha value is -0.420. The summed E-state index contributed by atoms with van der Waals surface area (Å²) in [6.07, 6.45) is 0. The van der Waals surface area contributed by atoms with Crippen molar-refractivity contribution in [3.63, 3.8) is 0 Å². The van der Waals surface area contributed by atoms with E-state index in [-0.39, 0.29) is 9.11 Å². The van der Waals surface area contributed by atoms with Gasteiger partial charge in [-0.05, 0) is 11.4 Å². The van der Waals surface area contributed by atoms with Crippen LogP contribution in [0.2, 0.25) is 0 Å². The van der Waals surface area contributed by atoms with Crippen LogP contribution < -0.4 is 0 Å². The molecule has 0 amide bonds. The molecule has 1 aliphatic heterocycles. The molecule has 0 aliphatic carbocycles. The van der Waals surface area contributed by atoms with Gasteiger partial charge in [-0.1, -0.05) is 6.07 Å². The summed E-state index contributed by atoms with van der Waals surface area (Å²) in [5.41, 5.74) is 0. The molecule has 7 heteroatoms. The quantitative estimate of drug-likeness (QED) is 0.783. The molecule has 0 saturated carbocycles. The SMILES string of the molecule is N#CC(=C1SCCS1)S(=O)(=O)c1cccs1. The van der Waals surface area contributed by atoms with Crippen LogP contribution in [0.5, 0.6) is 0 Å². The van der Waals surface area contributed by atoms with Crippen LogP contribution in [-0.4, -0.2) is 19.9 Å². The second kappa shape index (κ2) is 4.84. The van der Waals surface area contributed by atoms with E-state index in [1.807, 2.05) is 6.07 Å². The van der Waals surface area contributed by atoms with Crippen molar-refractivity contribution in [2.24, 2.45) is 0 Å². The maximum Gasteiger partial charge on any atom is 0.227 e. The van der Waals surface area contributed by atoms with Crippen molar-refractivity contribution in [2.45, 2.75) is 4.21 Å². The third-order valence-corrected chi connectivity index (χ3v) is 7.95. The lowest BCUT2D eigenvalue weighted by Gasteiger charge is -2.01. The Bertz CT molecular complexity index is 543. The molecule has 0 spiro atoms. The minimum atomic E-state index is -3.60. The minimum Gasteiger partial charge on any atom is -0.217 e. The molecule has 1 aromatic rings. The maximum atomic E-state index is 12.1. The molecule has 3 nitrogen and oxygen atoms in total. The Morgan fingerprint density at radius 2 is 2.06 bits per heavy atom. The van der Waals surface area contributed by atoms with Gasteiger partial charge < -0.3 is 0 Å². The van der Waals surface area contributed by atoms with Crippen LogP contribution in [0.15, 0.2) is 30.9 Å². The van der Waals surface area contributed by atoms with Crippen LogP contribution in [-0.2, 0) is 9.84 Å². The first kappa shape index (κ1) is 12.0. The topological polar surface area (TPSA) is 57.9 Å². The van der Waals surface area contributed by atoms with Gasteiger partial charge in [0.2, 0.25) is 9.84 Å². The number of sulfone groups is 1. The molecule has 0 radical (unpaired) electrons. The number of hydrogen-bond donors (Lipinski definition) is 0. The zero-order valence-corrected chi connectivity index (χ0v) is 11.3. The summed E-state index contributed by atoms with van der Waals surface area (Å²) in [4.78, 5) is -0.0950. The number of nitriles is 1. The third-order valence-electron chi connectivity index (χ3n) is 1.87. The van der Waals surface area contributed by atoms with Crippen molar-refractivity contribution in [3.8, 4) is 6.07 Å². The predicted molar refractivity (Wildman–Crippen MR) is 69.1 cm³/mol. The number of thioether (sulfide) groups is 2. The highest BCUT2D eigenvalue weighted by Gasteiger charge is 2.27. The van der Waals surface area contributed by atoms with E-state index in [0.29, 0.717) is 4.24 Å². The fourth-order valence-corrected chi connectivity index (χ4v) is 6.58. The monoisotopic (exact) mass is 289 g/mol. The number of rotatable bonds is 2. The van der Waals surface area contributed by atoms with Crippen LogP contribution >= 0.6 is 34.9 Å². The molecule has 1 saturated heterocycles. The van der Waals surface area contributed by atoms with Gasteiger partial charge in [0.15, 0.2) is 4.91 Å². The highest BCUT2D eigenvalue weighted by atomic mass is 32.2. The van der Waals surface area contributed by atoms with E-state index < -0.39 is 9.84 Å². The third kappa shape index (κ3) is 2.15. The average molecular weight is 289 g/mol. The van der Waals surface area contributed by atoms with Crippen molar-refractivity contribution >= 4 is 44.7 Å². The van der Waals surface area contributed by atoms with Crippen LogP contribution in [0.25, 0.3) is 0 Å². The highest BCUT2D eigenvalue weighted by Crippen LogP contribution is 2.41. The highest BCUT2D eigenvalue weighted by molar-refractivity contribution is 8.26. The molecule has 0 N–H and O–H groups in total. The summed E-state index contributed by atoms with van der Waals surface area (Å²) in [7, 11) is -3.60. The molecule has 1 aliphatic rings. The molecule has 0 bridgehead atoms. The van der Waals surface area contributed by atoms with Crippen LogP contribution in [0.4, 0.5) is 0 Å². The van der Waals surface area contributed by atoms with Crippen molar-refractivity contribution in [2.75, 3.05) is 11.5 Å².